The van der Waals surface area contributed by atoms with Crippen LogP contribution in [0.25, 0.3) is 0 Å². The molecule has 2 aliphatic rings. The lowest BCUT2D eigenvalue weighted by Gasteiger charge is -2.26. The molecular weight excluding hydrogens is 384 g/mol. The van der Waals surface area contributed by atoms with E-state index in [1.165, 1.54) is 7.11 Å². The smallest absolute Gasteiger partial charge is 0.258 e. The van der Waals surface area contributed by atoms with Crippen LogP contribution in [0.1, 0.15) is 64.0 Å². The number of nitrogens with zero attached hydrogens (tertiary/aromatic N) is 3. The number of rotatable bonds is 6. The van der Waals surface area contributed by atoms with Crippen molar-refractivity contribution in [2.45, 2.75) is 44.7 Å². The van der Waals surface area contributed by atoms with Crippen LogP contribution in [0.4, 0.5) is 0 Å². The Morgan fingerprint density at radius 3 is 2.63 bits per heavy atom. The second-order valence-electron chi connectivity index (χ2n) is 7.66. The summed E-state index contributed by atoms with van der Waals surface area (Å²) in [5, 5.41) is 3.00. The summed E-state index contributed by atoms with van der Waals surface area (Å²) in [5.41, 5.74) is 1.47. The molecule has 8 heteroatoms. The van der Waals surface area contributed by atoms with Gasteiger partial charge in [-0.1, -0.05) is 6.07 Å². The molecule has 0 spiro atoms. The number of ether oxygens (including phenoxy) is 2. The van der Waals surface area contributed by atoms with Crippen LogP contribution < -0.4 is 14.8 Å². The predicted molar refractivity (Wildman–Crippen MR) is 110 cm³/mol. The van der Waals surface area contributed by atoms with Crippen LogP contribution in [0.2, 0.25) is 0 Å². The molecule has 2 aromatic rings. The van der Waals surface area contributed by atoms with Crippen molar-refractivity contribution >= 4 is 11.8 Å². The van der Waals surface area contributed by atoms with E-state index in [-0.39, 0.29) is 23.9 Å². The Balaban J connectivity index is 1.68. The molecule has 1 N–H and O–H groups in total. The topological polar surface area (TPSA) is 93.7 Å². The molecule has 2 heterocycles. The minimum atomic E-state index is -0.296. The van der Waals surface area contributed by atoms with E-state index in [0.717, 1.165) is 25.7 Å². The van der Waals surface area contributed by atoms with Gasteiger partial charge in [0.25, 0.3) is 11.8 Å². The Bertz CT molecular complexity index is 974. The number of amides is 2. The van der Waals surface area contributed by atoms with Crippen LogP contribution in [0.3, 0.4) is 0 Å². The van der Waals surface area contributed by atoms with Gasteiger partial charge in [0, 0.05) is 18.8 Å². The van der Waals surface area contributed by atoms with Crippen molar-refractivity contribution in [3.8, 4) is 11.5 Å². The Morgan fingerprint density at radius 2 is 1.93 bits per heavy atom. The maximum atomic E-state index is 13.5. The number of likely N-dealkylation sites (tertiary alicyclic amines) is 1. The highest BCUT2D eigenvalue weighted by Crippen LogP contribution is 2.37. The summed E-state index contributed by atoms with van der Waals surface area (Å²) in [6, 6.07) is 5.18. The van der Waals surface area contributed by atoms with Gasteiger partial charge in [0.1, 0.15) is 5.82 Å². The highest BCUT2D eigenvalue weighted by Gasteiger charge is 2.36. The van der Waals surface area contributed by atoms with Gasteiger partial charge in [-0.05, 0) is 44.7 Å². The molecule has 2 fully saturated rings. The monoisotopic (exact) mass is 410 g/mol. The molecule has 1 saturated carbocycles. The number of hydrogen-bond donors (Lipinski definition) is 1. The summed E-state index contributed by atoms with van der Waals surface area (Å²) in [5.74, 6) is 1.14. The normalized spacial score (nSPS) is 18.2. The molecule has 8 nitrogen and oxygen atoms in total. The largest absolute Gasteiger partial charge is 0.493 e. The lowest BCUT2D eigenvalue weighted by molar-refractivity contribution is 0.0724. The van der Waals surface area contributed by atoms with Gasteiger partial charge in [0.05, 0.1) is 37.1 Å². The zero-order chi connectivity index (χ0) is 21.3. The third-order valence-corrected chi connectivity index (χ3v) is 5.56. The molecule has 1 saturated heterocycles. The Morgan fingerprint density at radius 1 is 1.13 bits per heavy atom. The van der Waals surface area contributed by atoms with Crippen molar-refractivity contribution in [3.63, 3.8) is 0 Å². The van der Waals surface area contributed by atoms with E-state index in [4.69, 9.17) is 9.47 Å². The van der Waals surface area contributed by atoms with Gasteiger partial charge in [0.2, 0.25) is 0 Å². The molecule has 1 aromatic carbocycles. The maximum Gasteiger partial charge on any atom is 0.258 e. The van der Waals surface area contributed by atoms with Crippen LogP contribution in [0.5, 0.6) is 11.5 Å². The number of hydrogen-bond acceptors (Lipinski definition) is 6. The molecule has 0 radical (unpaired) electrons. The van der Waals surface area contributed by atoms with Gasteiger partial charge in [0.15, 0.2) is 11.5 Å². The second-order valence-corrected chi connectivity index (χ2v) is 7.66. The molecule has 0 bridgehead atoms. The van der Waals surface area contributed by atoms with E-state index in [9.17, 15) is 9.59 Å². The summed E-state index contributed by atoms with van der Waals surface area (Å²) in [7, 11) is 3.06. The fraction of sp³-hybridized carbons (Fsp3) is 0.455. The standard InChI is InChI=1S/C22H26N4O4/c1-13-23-12-16(21(27)25-14-9-10-14)19(24-13)17-7-5-11-26(17)22(28)15-6-4-8-18(29-2)20(15)30-3/h4,6,8,12,14,17H,5,7,9-11H2,1-3H3,(H,25,27). The second kappa shape index (κ2) is 8.30. The molecule has 1 unspecified atom stereocenters. The zero-order valence-electron chi connectivity index (χ0n) is 17.5. The van der Waals surface area contributed by atoms with Crippen LogP contribution in [-0.2, 0) is 0 Å². The van der Waals surface area contributed by atoms with Gasteiger partial charge in [-0.2, -0.15) is 0 Å². The van der Waals surface area contributed by atoms with Gasteiger partial charge in [-0.25, -0.2) is 9.97 Å². The number of para-hydroxylation sites is 1. The lowest BCUT2D eigenvalue weighted by Crippen LogP contribution is -2.34. The third-order valence-electron chi connectivity index (χ3n) is 5.56. The molecule has 4 rings (SSSR count). The molecule has 158 valence electrons. The minimum Gasteiger partial charge on any atom is -0.493 e. The van der Waals surface area contributed by atoms with Gasteiger partial charge in [-0.3, -0.25) is 9.59 Å². The first-order valence-corrected chi connectivity index (χ1v) is 10.2. The van der Waals surface area contributed by atoms with Gasteiger partial charge < -0.3 is 19.7 Å². The highest BCUT2D eigenvalue weighted by atomic mass is 16.5. The van der Waals surface area contributed by atoms with E-state index in [0.29, 0.717) is 40.7 Å². The Hall–Kier alpha value is -3.16. The maximum absolute atomic E-state index is 13.5. The van der Waals surface area contributed by atoms with Crippen molar-refractivity contribution in [3.05, 3.63) is 47.0 Å². The van der Waals surface area contributed by atoms with Crippen LogP contribution in [0, 0.1) is 6.92 Å². The average Bonchev–Trinajstić information content (AvgIpc) is 3.43. The molecule has 1 aliphatic heterocycles. The van der Waals surface area contributed by atoms with Crippen molar-refractivity contribution in [1.82, 2.24) is 20.2 Å². The van der Waals surface area contributed by atoms with Crippen molar-refractivity contribution in [2.75, 3.05) is 20.8 Å². The van der Waals surface area contributed by atoms with Crippen LogP contribution >= 0.6 is 0 Å². The van der Waals surface area contributed by atoms with E-state index in [1.54, 1.807) is 43.3 Å². The number of carbonyl (C=O) groups is 2. The molecular formula is C22H26N4O4. The summed E-state index contributed by atoms with van der Waals surface area (Å²) >= 11 is 0. The van der Waals surface area contributed by atoms with Crippen molar-refractivity contribution < 1.29 is 19.1 Å². The van der Waals surface area contributed by atoms with E-state index in [1.807, 2.05) is 0 Å². The van der Waals surface area contributed by atoms with Crippen LogP contribution in [0.15, 0.2) is 24.4 Å². The molecule has 2 amide bonds. The molecule has 30 heavy (non-hydrogen) atoms. The van der Waals surface area contributed by atoms with Crippen molar-refractivity contribution in [1.29, 1.82) is 0 Å². The fourth-order valence-corrected chi connectivity index (χ4v) is 3.91. The number of aromatic nitrogens is 2. The van der Waals surface area contributed by atoms with E-state index < -0.39 is 0 Å². The van der Waals surface area contributed by atoms with Crippen LogP contribution in [-0.4, -0.2) is 53.5 Å². The molecule has 1 aliphatic carbocycles. The number of benzene rings is 1. The first-order valence-electron chi connectivity index (χ1n) is 10.2. The summed E-state index contributed by atoms with van der Waals surface area (Å²) in [4.78, 5) is 36.8. The fourth-order valence-electron chi connectivity index (χ4n) is 3.91. The SMILES string of the molecule is COc1cccc(C(=O)N2CCCC2c2nc(C)ncc2C(=O)NC2CC2)c1OC. The average molecular weight is 410 g/mol. The number of nitrogens with one attached hydrogen (secondary N) is 1. The minimum absolute atomic E-state index is 0.168. The quantitative estimate of drug-likeness (QED) is 0.787. The highest BCUT2D eigenvalue weighted by molar-refractivity contribution is 5.99. The summed E-state index contributed by atoms with van der Waals surface area (Å²) in [6.45, 7) is 2.37. The first kappa shape index (κ1) is 20.1. The van der Waals surface area contributed by atoms with Crippen molar-refractivity contribution in [2.24, 2.45) is 0 Å². The first-order chi connectivity index (χ1) is 14.5. The summed E-state index contributed by atoms with van der Waals surface area (Å²) in [6.07, 6.45) is 5.13. The Kier molecular flexibility index (Phi) is 5.57. The number of carbonyl (C=O) groups excluding carboxylic acids is 2. The van der Waals surface area contributed by atoms with Gasteiger partial charge in [-0.15, -0.1) is 0 Å². The number of methoxy groups -OCH3 is 2. The zero-order valence-corrected chi connectivity index (χ0v) is 17.5. The number of aryl methyl sites for hydroxylation is 1. The predicted octanol–water partition coefficient (Wildman–Crippen LogP) is 2.67. The Labute approximate surface area is 175 Å². The molecule has 1 atom stereocenters. The summed E-state index contributed by atoms with van der Waals surface area (Å²) < 4.78 is 10.8. The van der Waals surface area contributed by atoms with E-state index >= 15 is 0 Å². The van der Waals surface area contributed by atoms with Gasteiger partial charge >= 0.3 is 0 Å². The lowest BCUT2D eigenvalue weighted by atomic mass is 10.0. The molecule has 1 aromatic heterocycles. The van der Waals surface area contributed by atoms with E-state index in [2.05, 4.69) is 15.3 Å². The third kappa shape index (κ3) is 3.81.